The van der Waals surface area contributed by atoms with Crippen LogP contribution in [-0.4, -0.2) is 11.5 Å². The molecule has 4 heteroatoms. The van der Waals surface area contributed by atoms with Gasteiger partial charge in [0.05, 0.1) is 10.7 Å². The van der Waals surface area contributed by atoms with Crippen molar-refractivity contribution in [3.63, 3.8) is 0 Å². The van der Waals surface area contributed by atoms with E-state index in [2.05, 4.69) is 15.6 Å². The van der Waals surface area contributed by atoms with Crippen LogP contribution in [0.15, 0.2) is 42.6 Å². The number of benzene rings is 1. The van der Waals surface area contributed by atoms with Gasteiger partial charge in [0, 0.05) is 24.5 Å². The molecule has 0 spiro atoms. The summed E-state index contributed by atoms with van der Waals surface area (Å²) in [6, 6.07) is 11.5. The van der Waals surface area contributed by atoms with Gasteiger partial charge >= 0.3 is 0 Å². The predicted octanol–water partition coefficient (Wildman–Crippen LogP) is 3.91. The zero-order valence-corrected chi connectivity index (χ0v) is 10.3. The molecule has 2 rings (SSSR count). The lowest BCUT2D eigenvalue weighted by Crippen LogP contribution is -2.00. The summed E-state index contributed by atoms with van der Waals surface area (Å²) in [5.74, 6) is 0.851. The summed E-state index contributed by atoms with van der Waals surface area (Å²) in [7, 11) is 0. The number of halogens is 1. The van der Waals surface area contributed by atoms with Crippen LogP contribution in [0.5, 0.6) is 0 Å². The summed E-state index contributed by atoms with van der Waals surface area (Å²) in [4.78, 5) is 4.21. The van der Waals surface area contributed by atoms with Crippen LogP contribution in [0.4, 0.5) is 17.2 Å². The molecule has 0 bridgehead atoms. The normalized spacial score (nSPS) is 10.0. The maximum absolute atomic E-state index is 6.08. The molecule has 2 N–H and O–H groups in total. The van der Waals surface area contributed by atoms with E-state index in [1.807, 2.05) is 43.3 Å². The van der Waals surface area contributed by atoms with Crippen LogP contribution >= 0.6 is 11.6 Å². The Balaban J connectivity index is 2.18. The minimum absolute atomic E-state index is 0.703. The van der Waals surface area contributed by atoms with Gasteiger partial charge in [-0.1, -0.05) is 23.7 Å². The van der Waals surface area contributed by atoms with Crippen LogP contribution in [-0.2, 0) is 0 Å². The van der Waals surface area contributed by atoms with Gasteiger partial charge in [-0.25, -0.2) is 4.98 Å². The topological polar surface area (TPSA) is 37.0 Å². The van der Waals surface area contributed by atoms with E-state index in [1.54, 1.807) is 6.20 Å². The van der Waals surface area contributed by atoms with Crippen molar-refractivity contribution in [3.8, 4) is 0 Å². The molecule has 1 heterocycles. The number of nitrogens with zero attached hydrogens (tertiary/aromatic N) is 1. The summed E-state index contributed by atoms with van der Waals surface area (Å²) in [5, 5.41) is 7.13. The SMILES string of the molecule is CCNc1cc(Nc2ccccc2Cl)ccn1. The van der Waals surface area contributed by atoms with Crippen LogP contribution in [0, 0.1) is 0 Å². The highest BCUT2D eigenvalue weighted by molar-refractivity contribution is 6.33. The zero-order valence-electron chi connectivity index (χ0n) is 9.57. The van der Waals surface area contributed by atoms with Gasteiger partial charge in [0.2, 0.25) is 0 Å². The zero-order chi connectivity index (χ0) is 12.1. The third-order valence-corrected chi connectivity index (χ3v) is 2.60. The Bertz CT molecular complexity index is 500. The third-order valence-electron chi connectivity index (χ3n) is 2.27. The molecule has 0 fully saturated rings. The van der Waals surface area contributed by atoms with Gasteiger partial charge in [0.25, 0.3) is 0 Å². The number of hydrogen-bond donors (Lipinski definition) is 2. The van der Waals surface area contributed by atoms with Gasteiger partial charge in [-0.05, 0) is 25.1 Å². The van der Waals surface area contributed by atoms with Crippen molar-refractivity contribution in [1.29, 1.82) is 0 Å². The third kappa shape index (κ3) is 3.11. The van der Waals surface area contributed by atoms with E-state index >= 15 is 0 Å². The van der Waals surface area contributed by atoms with Gasteiger partial charge in [0.15, 0.2) is 0 Å². The number of para-hydroxylation sites is 1. The first-order valence-electron chi connectivity index (χ1n) is 5.51. The van der Waals surface area contributed by atoms with Crippen molar-refractivity contribution >= 4 is 28.8 Å². The van der Waals surface area contributed by atoms with Gasteiger partial charge in [-0.15, -0.1) is 0 Å². The summed E-state index contributed by atoms with van der Waals surface area (Å²) in [6.07, 6.45) is 1.76. The Kier molecular flexibility index (Phi) is 3.83. The van der Waals surface area contributed by atoms with Gasteiger partial charge < -0.3 is 10.6 Å². The van der Waals surface area contributed by atoms with Crippen molar-refractivity contribution < 1.29 is 0 Å². The van der Waals surface area contributed by atoms with Crippen LogP contribution in [0.2, 0.25) is 5.02 Å². The minimum Gasteiger partial charge on any atom is -0.370 e. The van der Waals surface area contributed by atoms with Crippen LogP contribution in [0.1, 0.15) is 6.92 Å². The van der Waals surface area contributed by atoms with E-state index in [1.165, 1.54) is 0 Å². The fourth-order valence-electron chi connectivity index (χ4n) is 1.50. The fourth-order valence-corrected chi connectivity index (χ4v) is 1.69. The molecule has 0 aliphatic heterocycles. The molecule has 88 valence electrons. The Morgan fingerprint density at radius 1 is 1.24 bits per heavy atom. The maximum Gasteiger partial charge on any atom is 0.127 e. The first kappa shape index (κ1) is 11.7. The van der Waals surface area contributed by atoms with Gasteiger partial charge in [-0.2, -0.15) is 0 Å². The molecule has 0 radical (unpaired) electrons. The molecular formula is C13H14ClN3. The second kappa shape index (κ2) is 5.55. The van der Waals surface area contributed by atoms with E-state index in [0.717, 1.165) is 23.7 Å². The lowest BCUT2D eigenvalue weighted by molar-refractivity contribution is 1.16. The fraction of sp³-hybridized carbons (Fsp3) is 0.154. The first-order valence-corrected chi connectivity index (χ1v) is 5.89. The molecule has 0 saturated heterocycles. The van der Waals surface area contributed by atoms with Crippen LogP contribution in [0.3, 0.4) is 0 Å². The molecule has 1 aromatic heterocycles. The van der Waals surface area contributed by atoms with E-state index in [4.69, 9.17) is 11.6 Å². The van der Waals surface area contributed by atoms with Crippen molar-refractivity contribution in [3.05, 3.63) is 47.6 Å². The lowest BCUT2D eigenvalue weighted by Gasteiger charge is -2.09. The molecule has 0 amide bonds. The standard InChI is InChI=1S/C13H14ClN3/c1-2-15-13-9-10(7-8-16-13)17-12-6-4-3-5-11(12)14/h3-9H,2H2,1H3,(H2,15,16,17). The highest BCUT2D eigenvalue weighted by Gasteiger charge is 2.00. The number of rotatable bonds is 4. The molecule has 17 heavy (non-hydrogen) atoms. The predicted molar refractivity (Wildman–Crippen MR) is 73.1 cm³/mol. The molecule has 2 aromatic rings. The van der Waals surface area contributed by atoms with E-state index in [9.17, 15) is 0 Å². The van der Waals surface area contributed by atoms with E-state index < -0.39 is 0 Å². The second-order valence-corrected chi connectivity index (χ2v) is 3.97. The van der Waals surface area contributed by atoms with Crippen LogP contribution < -0.4 is 10.6 Å². The largest absolute Gasteiger partial charge is 0.370 e. The molecule has 0 aliphatic carbocycles. The number of pyridine rings is 1. The minimum atomic E-state index is 0.703. The second-order valence-electron chi connectivity index (χ2n) is 3.56. The smallest absolute Gasteiger partial charge is 0.127 e. The Morgan fingerprint density at radius 2 is 2.06 bits per heavy atom. The highest BCUT2D eigenvalue weighted by atomic mass is 35.5. The maximum atomic E-state index is 6.08. The lowest BCUT2D eigenvalue weighted by atomic mass is 10.3. The Hall–Kier alpha value is -1.74. The monoisotopic (exact) mass is 247 g/mol. The summed E-state index contributed by atoms with van der Waals surface area (Å²) >= 11 is 6.08. The molecule has 0 unspecified atom stereocenters. The van der Waals surface area contributed by atoms with Crippen molar-refractivity contribution in [2.45, 2.75) is 6.92 Å². The summed E-state index contributed by atoms with van der Waals surface area (Å²) in [6.45, 7) is 2.89. The number of aromatic nitrogens is 1. The quantitative estimate of drug-likeness (QED) is 0.860. The van der Waals surface area contributed by atoms with Crippen molar-refractivity contribution in [2.24, 2.45) is 0 Å². The number of nitrogens with one attached hydrogen (secondary N) is 2. The van der Waals surface area contributed by atoms with Gasteiger partial charge in [0.1, 0.15) is 5.82 Å². The molecule has 1 aromatic carbocycles. The number of anilines is 3. The molecule has 0 atom stereocenters. The molecule has 0 aliphatic rings. The summed E-state index contributed by atoms with van der Waals surface area (Å²) in [5.41, 5.74) is 1.85. The molecule has 0 saturated carbocycles. The number of hydrogen-bond acceptors (Lipinski definition) is 3. The average molecular weight is 248 g/mol. The van der Waals surface area contributed by atoms with E-state index in [0.29, 0.717) is 5.02 Å². The van der Waals surface area contributed by atoms with Gasteiger partial charge in [-0.3, -0.25) is 0 Å². The summed E-state index contributed by atoms with van der Waals surface area (Å²) < 4.78 is 0. The average Bonchev–Trinajstić information content (AvgIpc) is 2.33. The van der Waals surface area contributed by atoms with Crippen molar-refractivity contribution in [1.82, 2.24) is 4.98 Å². The van der Waals surface area contributed by atoms with E-state index in [-0.39, 0.29) is 0 Å². The highest BCUT2D eigenvalue weighted by Crippen LogP contribution is 2.25. The van der Waals surface area contributed by atoms with Crippen molar-refractivity contribution in [2.75, 3.05) is 17.2 Å². The molecule has 3 nitrogen and oxygen atoms in total. The van der Waals surface area contributed by atoms with Crippen LogP contribution in [0.25, 0.3) is 0 Å². The Morgan fingerprint density at radius 3 is 2.82 bits per heavy atom. The Labute approximate surface area is 106 Å². The molecular weight excluding hydrogens is 234 g/mol. The first-order chi connectivity index (χ1) is 8.29.